The minimum atomic E-state index is -0.0247. The predicted octanol–water partition coefficient (Wildman–Crippen LogP) is 0.607. The van der Waals surface area contributed by atoms with Crippen molar-refractivity contribution in [1.82, 2.24) is 10.2 Å². The molecule has 0 aliphatic carbocycles. The molecule has 1 saturated heterocycles. The normalized spacial score (nSPS) is 20.9. The van der Waals surface area contributed by atoms with Gasteiger partial charge in [-0.2, -0.15) is 0 Å². The van der Waals surface area contributed by atoms with E-state index < -0.39 is 0 Å². The summed E-state index contributed by atoms with van der Waals surface area (Å²) in [7, 11) is 0. The Morgan fingerprint density at radius 1 is 1.42 bits per heavy atom. The summed E-state index contributed by atoms with van der Waals surface area (Å²) in [6.45, 7) is 8.58. The molecule has 1 aliphatic heterocycles. The van der Waals surface area contributed by atoms with Gasteiger partial charge in [0.25, 0.3) is 0 Å². The van der Waals surface area contributed by atoms with Gasteiger partial charge in [-0.25, -0.2) is 0 Å². The Morgan fingerprint density at radius 2 is 2.08 bits per heavy atom. The van der Waals surface area contributed by atoms with Gasteiger partial charge in [-0.1, -0.05) is 0 Å². The van der Waals surface area contributed by atoms with E-state index in [1.165, 1.54) is 0 Å². The molecule has 3 heteroatoms. The first-order valence-corrected chi connectivity index (χ1v) is 4.53. The van der Waals surface area contributed by atoms with Crippen molar-refractivity contribution in [1.29, 1.82) is 0 Å². The zero-order valence-electron chi connectivity index (χ0n) is 8.18. The Morgan fingerprint density at radius 3 is 2.67 bits per heavy atom. The van der Waals surface area contributed by atoms with E-state index in [4.69, 9.17) is 0 Å². The molecule has 12 heavy (non-hydrogen) atoms. The fraction of sp³-hybridized carbons (Fsp3) is 0.889. The van der Waals surface area contributed by atoms with Crippen LogP contribution in [0.25, 0.3) is 0 Å². The van der Waals surface area contributed by atoms with E-state index in [9.17, 15) is 4.79 Å². The topological polar surface area (TPSA) is 32.3 Å². The van der Waals surface area contributed by atoms with Gasteiger partial charge in [-0.3, -0.25) is 4.79 Å². The second-order valence-corrected chi connectivity index (χ2v) is 4.25. The molecule has 0 spiro atoms. The molecule has 0 aromatic carbocycles. The number of carbonyl (C=O) groups is 1. The molecule has 70 valence electrons. The van der Waals surface area contributed by atoms with Gasteiger partial charge in [0.2, 0.25) is 5.91 Å². The smallest absolute Gasteiger partial charge is 0.236 e. The maximum atomic E-state index is 11.5. The van der Waals surface area contributed by atoms with E-state index in [1.54, 1.807) is 0 Å². The second kappa shape index (κ2) is 3.44. The summed E-state index contributed by atoms with van der Waals surface area (Å²) in [5, 5.41) is 3.11. The first-order chi connectivity index (χ1) is 5.52. The summed E-state index contributed by atoms with van der Waals surface area (Å²) < 4.78 is 0. The zero-order chi connectivity index (χ0) is 9.19. The van der Waals surface area contributed by atoms with Gasteiger partial charge in [0.1, 0.15) is 0 Å². The molecule has 0 unspecified atom stereocenters. The average Bonchev–Trinajstić information content (AvgIpc) is 2.11. The van der Waals surface area contributed by atoms with Crippen molar-refractivity contribution in [3.8, 4) is 0 Å². The van der Waals surface area contributed by atoms with Crippen molar-refractivity contribution >= 4 is 5.91 Å². The van der Waals surface area contributed by atoms with Gasteiger partial charge < -0.3 is 10.2 Å². The second-order valence-electron chi connectivity index (χ2n) is 4.25. The van der Waals surface area contributed by atoms with E-state index in [2.05, 4.69) is 26.1 Å². The lowest BCUT2D eigenvalue weighted by molar-refractivity contribution is -0.134. The van der Waals surface area contributed by atoms with Crippen LogP contribution in [0.4, 0.5) is 0 Å². The maximum Gasteiger partial charge on any atom is 0.236 e. The van der Waals surface area contributed by atoms with Crippen LogP contribution >= 0.6 is 0 Å². The molecule has 1 aliphatic rings. The van der Waals surface area contributed by atoms with Crippen LogP contribution in [-0.4, -0.2) is 36.0 Å². The van der Waals surface area contributed by atoms with E-state index in [1.807, 2.05) is 4.90 Å². The molecule has 1 amide bonds. The lowest BCUT2D eigenvalue weighted by atomic mass is 10.1. The summed E-state index contributed by atoms with van der Waals surface area (Å²) in [6.07, 6.45) is 1.06. The third kappa shape index (κ3) is 2.21. The standard InChI is InChI=1S/C9H18N2O/c1-9(2,3)11-6-4-5-10-7-8(11)12/h10H,4-7H2,1-3H3. The van der Waals surface area contributed by atoms with Crippen molar-refractivity contribution in [2.24, 2.45) is 0 Å². The van der Waals surface area contributed by atoms with Crippen LogP contribution in [0.5, 0.6) is 0 Å². The highest BCUT2D eigenvalue weighted by Crippen LogP contribution is 2.14. The lowest BCUT2D eigenvalue weighted by Crippen LogP contribution is -2.47. The van der Waals surface area contributed by atoms with E-state index >= 15 is 0 Å². The molecule has 0 atom stereocenters. The van der Waals surface area contributed by atoms with Crippen LogP contribution in [-0.2, 0) is 4.79 Å². The van der Waals surface area contributed by atoms with Crippen molar-refractivity contribution in [3.63, 3.8) is 0 Å². The quantitative estimate of drug-likeness (QED) is 0.577. The number of nitrogens with zero attached hydrogens (tertiary/aromatic N) is 1. The Hall–Kier alpha value is -0.570. The first kappa shape index (κ1) is 9.52. The highest BCUT2D eigenvalue weighted by atomic mass is 16.2. The minimum Gasteiger partial charge on any atom is -0.337 e. The molecule has 0 aromatic heterocycles. The molecule has 1 fully saturated rings. The molecule has 1 rings (SSSR count). The summed E-state index contributed by atoms with van der Waals surface area (Å²) in [6, 6.07) is 0. The van der Waals surface area contributed by atoms with Crippen LogP contribution in [0.15, 0.2) is 0 Å². The molecule has 0 bridgehead atoms. The molecule has 1 N–H and O–H groups in total. The number of rotatable bonds is 0. The number of nitrogens with one attached hydrogen (secondary N) is 1. The molecular formula is C9H18N2O. The van der Waals surface area contributed by atoms with Crippen molar-refractivity contribution in [3.05, 3.63) is 0 Å². The van der Waals surface area contributed by atoms with Gasteiger partial charge >= 0.3 is 0 Å². The molecule has 0 radical (unpaired) electrons. The Balaban J connectivity index is 2.66. The third-order valence-corrected chi connectivity index (χ3v) is 2.12. The highest BCUT2D eigenvalue weighted by molar-refractivity contribution is 5.79. The molecule has 0 saturated carbocycles. The van der Waals surface area contributed by atoms with Crippen molar-refractivity contribution in [2.45, 2.75) is 32.7 Å². The number of hydrogen-bond donors (Lipinski definition) is 1. The van der Waals surface area contributed by atoms with Gasteiger partial charge in [0, 0.05) is 12.1 Å². The van der Waals surface area contributed by atoms with Crippen molar-refractivity contribution < 1.29 is 4.79 Å². The maximum absolute atomic E-state index is 11.5. The molecular weight excluding hydrogens is 152 g/mol. The third-order valence-electron chi connectivity index (χ3n) is 2.12. The lowest BCUT2D eigenvalue weighted by Gasteiger charge is -2.34. The minimum absolute atomic E-state index is 0.0247. The number of carbonyl (C=O) groups excluding carboxylic acids is 1. The Kier molecular flexibility index (Phi) is 2.73. The summed E-state index contributed by atoms with van der Waals surface area (Å²) in [5.41, 5.74) is -0.0247. The zero-order valence-corrected chi connectivity index (χ0v) is 8.18. The molecule has 3 nitrogen and oxygen atoms in total. The average molecular weight is 170 g/mol. The first-order valence-electron chi connectivity index (χ1n) is 4.53. The molecule has 0 aromatic rings. The van der Waals surface area contributed by atoms with Crippen LogP contribution in [0.1, 0.15) is 27.2 Å². The van der Waals surface area contributed by atoms with Gasteiger partial charge in [0.05, 0.1) is 6.54 Å². The summed E-state index contributed by atoms with van der Waals surface area (Å²) >= 11 is 0. The van der Waals surface area contributed by atoms with Crippen LogP contribution in [0.3, 0.4) is 0 Å². The summed E-state index contributed by atoms with van der Waals surface area (Å²) in [4.78, 5) is 13.5. The highest BCUT2D eigenvalue weighted by Gasteiger charge is 2.26. The van der Waals surface area contributed by atoms with Gasteiger partial charge in [0.15, 0.2) is 0 Å². The Labute approximate surface area is 74.1 Å². The fourth-order valence-corrected chi connectivity index (χ4v) is 1.49. The predicted molar refractivity (Wildman–Crippen MR) is 49.0 cm³/mol. The van der Waals surface area contributed by atoms with Crippen LogP contribution in [0, 0.1) is 0 Å². The van der Waals surface area contributed by atoms with Gasteiger partial charge in [-0.05, 0) is 33.7 Å². The molecule has 1 heterocycles. The summed E-state index contributed by atoms with van der Waals surface area (Å²) in [5.74, 6) is 0.222. The van der Waals surface area contributed by atoms with E-state index in [0.29, 0.717) is 6.54 Å². The van der Waals surface area contributed by atoms with Gasteiger partial charge in [-0.15, -0.1) is 0 Å². The van der Waals surface area contributed by atoms with E-state index in [-0.39, 0.29) is 11.4 Å². The number of hydrogen-bond acceptors (Lipinski definition) is 2. The Bertz CT molecular complexity index is 172. The van der Waals surface area contributed by atoms with Crippen molar-refractivity contribution in [2.75, 3.05) is 19.6 Å². The van der Waals surface area contributed by atoms with Crippen LogP contribution in [0.2, 0.25) is 0 Å². The largest absolute Gasteiger partial charge is 0.337 e. The SMILES string of the molecule is CC(C)(C)N1CCCNCC1=O. The monoisotopic (exact) mass is 170 g/mol. The van der Waals surface area contributed by atoms with E-state index in [0.717, 1.165) is 19.5 Å². The van der Waals surface area contributed by atoms with Crippen LogP contribution < -0.4 is 5.32 Å². The fourth-order valence-electron chi connectivity index (χ4n) is 1.49. The number of amides is 1.